The van der Waals surface area contributed by atoms with Crippen molar-refractivity contribution in [1.82, 2.24) is 9.97 Å². The van der Waals surface area contributed by atoms with Crippen molar-refractivity contribution in [2.24, 2.45) is 0 Å². The number of anilines is 2. The summed E-state index contributed by atoms with van der Waals surface area (Å²) in [6.45, 7) is 7.50. The van der Waals surface area contributed by atoms with Crippen LogP contribution in [-0.4, -0.2) is 28.7 Å². The Kier molecular flexibility index (Phi) is 3.58. The molecular weight excluding hydrogens is 281 g/mol. The number of nitrogens with zero attached hydrogens (tertiary/aromatic N) is 2. The maximum atomic E-state index is 13.1. The molecule has 1 aliphatic carbocycles. The van der Waals surface area contributed by atoms with Gasteiger partial charge in [0.1, 0.15) is 23.0 Å². The topological polar surface area (TPSA) is 49.8 Å². The van der Waals surface area contributed by atoms with E-state index in [-0.39, 0.29) is 24.1 Å². The molecule has 0 bridgehead atoms. The van der Waals surface area contributed by atoms with Crippen LogP contribution in [0.1, 0.15) is 45.0 Å². The average Bonchev–Trinajstić information content (AvgIpc) is 3.10. The molecule has 0 atom stereocenters. The second-order valence-electron chi connectivity index (χ2n) is 6.57. The van der Waals surface area contributed by atoms with Crippen molar-refractivity contribution in [3.8, 4) is 0 Å². The number of nitrogens with one attached hydrogen (secondary N) is 2. The first kappa shape index (κ1) is 15.9. The maximum absolute atomic E-state index is 13.1. The lowest BCUT2D eigenvalue weighted by Crippen LogP contribution is -2.39. The smallest absolute Gasteiger partial charge is 0.373 e. The summed E-state index contributed by atoms with van der Waals surface area (Å²) < 4.78 is 39.3. The van der Waals surface area contributed by atoms with Crippen LogP contribution in [0.2, 0.25) is 0 Å². The van der Waals surface area contributed by atoms with Gasteiger partial charge in [0.05, 0.1) is 0 Å². The van der Waals surface area contributed by atoms with Crippen molar-refractivity contribution in [3.05, 3.63) is 11.4 Å². The third-order valence-electron chi connectivity index (χ3n) is 3.70. The fourth-order valence-electron chi connectivity index (χ4n) is 2.05. The minimum atomic E-state index is -4.27. The molecule has 118 valence electrons. The molecule has 1 heterocycles. The number of alkyl halides is 3. The molecule has 1 aliphatic rings. The molecule has 4 nitrogen and oxygen atoms in total. The lowest BCUT2D eigenvalue weighted by atomic mass is 9.95. The van der Waals surface area contributed by atoms with Gasteiger partial charge in [-0.3, -0.25) is 0 Å². The zero-order valence-corrected chi connectivity index (χ0v) is 12.9. The normalized spacial score (nSPS) is 17.5. The lowest BCUT2D eigenvalue weighted by Gasteiger charge is -2.25. The summed E-state index contributed by atoms with van der Waals surface area (Å²) in [6, 6.07) is 0. The molecule has 0 aromatic carbocycles. The summed E-state index contributed by atoms with van der Waals surface area (Å²) in [5.41, 5.74) is -1.57. The van der Waals surface area contributed by atoms with Crippen molar-refractivity contribution in [1.29, 1.82) is 0 Å². The molecular formula is C14H21F3N4. The van der Waals surface area contributed by atoms with Crippen LogP contribution >= 0.6 is 0 Å². The van der Waals surface area contributed by atoms with Gasteiger partial charge in [0, 0.05) is 18.0 Å². The van der Waals surface area contributed by atoms with E-state index in [9.17, 15) is 13.2 Å². The van der Waals surface area contributed by atoms with Crippen LogP contribution < -0.4 is 10.6 Å². The van der Waals surface area contributed by atoms with E-state index in [1.165, 1.54) is 0 Å². The predicted molar refractivity (Wildman–Crippen MR) is 76.7 cm³/mol. The summed E-state index contributed by atoms with van der Waals surface area (Å²) in [6.07, 6.45) is -4.11. The van der Waals surface area contributed by atoms with Gasteiger partial charge >= 0.3 is 6.18 Å². The molecule has 2 rings (SSSR count). The minimum absolute atomic E-state index is 0.0830. The average molecular weight is 302 g/mol. The van der Waals surface area contributed by atoms with E-state index in [4.69, 9.17) is 0 Å². The van der Waals surface area contributed by atoms with E-state index in [1.807, 2.05) is 20.8 Å². The zero-order chi connectivity index (χ0) is 16.1. The van der Waals surface area contributed by atoms with Gasteiger partial charge in [0.2, 0.25) is 0 Å². The molecule has 7 heteroatoms. The molecule has 1 aromatic rings. The van der Waals surface area contributed by atoms with E-state index in [0.717, 1.165) is 0 Å². The maximum Gasteiger partial charge on any atom is 0.411 e. The molecule has 0 amide bonds. The van der Waals surface area contributed by atoms with Crippen LogP contribution in [0.15, 0.2) is 0 Å². The summed E-state index contributed by atoms with van der Waals surface area (Å²) in [4.78, 5) is 8.72. The second kappa shape index (κ2) is 4.74. The number of aromatic nitrogens is 2. The van der Waals surface area contributed by atoms with Crippen LogP contribution in [-0.2, 0) is 5.41 Å². The van der Waals surface area contributed by atoms with Gasteiger partial charge < -0.3 is 10.6 Å². The second-order valence-corrected chi connectivity index (χ2v) is 6.57. The van der Waals surface area contributed by atoms with Gasteiger partial charge in [0.15, 0.2) is 0 Å². The van der Waals surface area contributed by atoms with Crippen LogP contribution in [0.25, 0.3) is 0 Å². The first-order valence-electron chi connectivity index (χ1n) is 6.92. The van der Waals surface area contributed by atoms with Crippen LogP contribution in [0, 0.1) is 6.92 Å². The lowest BCUT2D eigenvalue weighted by molar-refractivity contribution is -0.151. The first-order valence-corrected chi connectivity index (χ1v) is 6.92. The van der Waals surface area contributed by atoms with E-state index in [2.05, 4.69) is 20.6 Å². The molecule has 0 saturated heterocycles. The van der Waals surface area contributed by atoms with Crippen molar-refractivity contribution >= 4 is 11.6 Å². The Hall–Kier alpha value is -1.53. The van der Waals surface area contributed by atoms with Gasteiger partial charge in [-0.1, -0.05) is 20.8 Å². The van der Waals surface area contributed by atoms with Crippen LogP contribution in [0.4, 0.5) is 24.8 Å². The van der Waals surface area contributed by atoms with Crippen LogP contribution in [0.3, 0.4) is 0 Å². The van der Waals surface area contributed by atoms with Gasteiger partial charge in [-0.25, -0.2) is 9.97 Å². The number of hydrogen-bond donors (Lipinski definition) is 2. The summed E-state index contributed by atoms with van der Waals surface area (Å²) >= 11 is 0. The van der Waals surface area contributed by atoms with E-state index in [1.54, 1.807) is 14.0 Å². The molecule has 0 unspecified atom stereocenters. The highest BCUT2D eigenvalue weighted by molar-refractivity contribution is 5.59. The van der Waals surface area contributed by atoms with E-state index < -0.39 is 11.7 Å². The Morgan fingerprint density at radius 1 is 1.05 bits per heavy atom. The summed E-state index contributed by atoms with van der Waals surface area (Å²) in [5.74, 6) is 1.32. The molecule has 0 aliphatic heterocycles. The molecule has 1 fully saturated rings. The van der Waals surface area contributed by atoms with Gasteiger partial charge in [-0.05, 0) is 19.8 Å². The standard InChI is InChI=1S/C14H21F3N4/c1-8-9(18-5)19-11(12(2,3)4)20-10(8)21-13(6-7-13)14(15,16)17/h6-7H2,1-5H3,(H2,18,19,20,21). The Labute approximate surface area is 122 Å². The van der Waals surface area contributed by atoms with E-state index in [0.29, 0.717) is 17.2 Å². The highest BCUT2D eigenvalue weighted by Gasteiger charge is 2.63. The van der Waals surface area contributed by atoms with Crippen LogP contribution in [0.5, 0.6) is 0 Å². The van der Waals surface area contributed by atoms with E-state index >= 15 is 0 Å². The Morgan fingerprint density at radius 3 is 1.95 bits per heavy atom. The van der Waals surface area contributed by atoms with Crippen molar-refractivity contribution in [3.63, 3.8) is 0 Å². The van der Waals surface area contributed by atoms with Crippen molar-refractivity contribution in [2.45, 2.75) is 57.7 Å². The number of hydrogen-bond acceptors (Lipinski definition) is 4. The third kappa shape index (κ3) is 2.91. The fraction of sp³-hybridized carbons (Fsp3) is 0.714. The molecule has 0 radical (unpaired) electrons. The highest BCUT2D eigenvalue weighted by atomic mass is 19.4. The molecule has 21 heavy (non-hydrogen) atoms. The zero-order valence-electron chi connectivity index (χ0n) is 12.9. The predicted octanol–water partition coefficient (Wildman–Crippen LogP) is 3.63. The third-order valence-corrected chi connectivity index (χ3v) is 3.70. The van der Waals surface area contributed by atoms with Crippen molar-refractivity contribution in [2.75, 3.05) is 17.7 Å². The Balaban J connectivity index is 2.44. The Morgan fingerprint density at radius 2 is 1.57 bits per heavy atom. The SMILES string of the molecule is CNc1nc(C(C)(C)C)nc(NC2(C(F)(F)F)CC2)c1C. The highest BCUT2D eigenvalue weighted by Crippen LogP contribution is 2.51. The van der Waals surface area contributed by atoms with Gasteiger partial charge in [-0.15, -0.1) is 0 Å². The number of halogens is 3. The Bertz CT molecular complexity index is 542. The van der Waals surface area contributed by atoms with Gasteiger partial charge in [-0.2, -0.15) is 13.2 Å². The monoisotopic (exact) mass is 302 g/mol. The summed E-state index contributed by atoms with van der Waals surface area (Å²) in [5, 5.41) is 5.53. The minimum Gasteiger partial charge on any atom is -0.373 e. The summed E-state index contributed by atoms with van der Waals surface area (Å²) in [7, 11) is 1.70. The molecule has 0 spiro atoms. The fourth-order valence-corrected chi connectivity index (χ4v) is 2.05. The molecule has 1 saturated carbocycles. The largest absolute Gasteiger partial charge is 0.411 e. The number of rotatable bonds is 3. The molecule has 1 aromatic heterocycles. The quantitative estimate of drug-likeness (QED) is 0.895. The molecule has 2 N–H and O–H groups in total. The first-order chi connectivity index (χ1) is 9.50. The van der Waals surface area contributed by atoms with Crippen molar-refractivity contribution < 1.29 is 13.2 Å². The van der Waals surface area contributed by atoms with Gasteiger partial charge in [0.25, 0.3) is 0 Å².